The molecule has 2 aliphatic heterocycles. The molecule has 8 nitrogen and oxygen atoms in total. The van der Waals surface area contributed by atoms with Crippen LogP contribution in [0.5, 0.6) is 0 Å². The zero-order valence-electron chi connectivity index (χ0n) is 14.5. The molecule has 0 N–H and O–H groups in total. The summed E-state index contributed by atoms with van der Waals surface area (Å²) in [7, 11) is 1.94. The molecule has 2 aromatic heterocycles. The van der Waals surface area contributed by atoms with Gasteiger partial charge in [-0.3, -0.25) is 9.58 Å². The first-order valence-corrected chi connectivity index (χ1v) is 8.74. The van der Waals surface area contributed by atoms with Crippen molar-refractivity contribution in [3.8, 4) is 0 Å². The van der Waals surface area contributed by atoms with E-state index in [0.29, 0.717) is 6.61 Å². The lowest BCUT2D eigenvalue weighted by Crippen LogP contribution is -2.40. The number of hydrogen-bond acceptors (Lipinski definition) is 7. The Morgan fingerprint density at radius 3 is 2.80 bits per heavy atom. The number of nitrogens with zero attached hydrogens (tertiary/aromatic N) is 6. The van der Waals surface area contributed by atoms with Crippen molar-refractivity contribution < 1.29 is 9.47 Å². The summed E-state index contributed by atoms with van der Waals surface area (Å²) >= 11 is 0. The average Bonchev–Trinajstić information content (AvgIpc) is 3.08. The molecule has 8 heteroatoms. The first-order chi connectivity index (χ1) is 12.3. The SMILES string of the molecule is Cn1cc(CN2CCOCC2c2nccc(N3CCOCC3)n2)cn1. The van der Waals surface area contributed by atoms with Gasteiger partial charge < -0.3 is 14.4 Å². The monoisotopic (exact) mass is 344 g/mol. The average molecular weight is 344 g/mol. The molecule has 0 amide bonds. The largest absolute Gasteiger partial charge is 0.378 e. The zero-order valence-corrected chi connectivity index (χ0v) is 14.5. The molecule has 0 bridgehead atoms. The van der Waals surface area contributed by atoms with Crippen molar-refractivity contribution in [2.45, 2.75) is 12.6 Å². The van der Waals surface area contributed by atoms with E-state index in [-0.39, 0.29) is 6.04 Å². The molecule has 134 valence electrons. The molecule has 1 atom stereocenters. The highest BCUT2D eigenvalue weighted by Crippen LogP contribution is 2.25. The number of rotatable bonds is 4. The van der Waals surface area contributed by atoms with Crippen molar-refractivity contribution >= 4 is 5.82 Å². The van der Waals surface area contributed by atoms with E-state index in [1.54, 1.807) is 0 Å². The fourth-order valence-electron chi connectivity index (χ4n) is 3.35. The summed E-state index contributed by atoms with van der Waals surface area (Å²) in [5, 5.41) is 4.26. The van der Waals surface area contributed by atoms with Crippen molar-refractivity contribution in [3.63, 3.8) is 0 Å². The van der Waals surface area contributed by atoms with Gasteiger partial charge in [-0.15, -0.1) is 0 Å². The topological polar surface area (TPSA) is 68.5 Å². The predicted octanol–water partition coefficient (Wildman–Crippen LogP) is 0.620. The number of hydrogen-bond donors (Lipinski definition) is 0. The van der Waals surface area contributed by atoms with Gasteiger partial charge in [-0.05, 0) is 6.07 Å². The van der Waals surface area contributed by atoms with Gasteiger partial charge in [-0.2, -0.15) is 5.10 Å². The minimum Gasteiger partial charge on any atom is -0.378 e. The normalized spacial score (nSPS) is 22.3. The summed E-state index contributed by atoms with van der Waals surface area (Å²) in [4.78, 5) is 14.0. The number of anilines is 1. The Morgan fingerprint density at radius 2 is 2.00 bits per heavy atom. The van der Waals surface area contributed by atoms with Crippen molar-refractivity contribution in [1.29, 1.82) is 0 Å². The standard InChI is InChI=1S/C17H24N6O2/c1-21-11-14(10-19-21)12-23-6-9-25-13-15(23)17-18-3-2-16(20-17)22-4-7-24-8-5-22/h2-3,10-11,15H,4-9,12-13H2,1H3. The molecule has 0 aromatic carbocycles. The molecule has 1 unspecified atom stereocenters. The van der Waals surface area contributed by atoms with Gasteiger partial charge in [0.2, 0.25) is 0 Å². The molecule has 4 rings (SSSR count). The Bertz CT molecular complexity index is 700. The highest BCUT2D eigenvalue weighted by molar-refractivity contribution is 5.38. The second kappa shape index (κ2) is 7.47. The maximum absolute atomic E-state index is 5.72. The molecule has 2 fully saturated rings. The van der Waals surface area contributed by atoms with Crippen LogP contribution in [-0.2, 0) is 23.1 Å². The first-order valence-electron chi connectivity index (χ1n) is 8.74. The summed E-state index contributed by atoms with van der Waals surface area (Å²) < 4.78 is 13.0. The second-order valence-corrected chi connectivity index (χ2v) is 6.46. The van der Waals surface area contributed by atoms with E-state index in [2.05, 4.69) is 26.1 Å². The van der Waals surface area contributed by atoms with Gasteiger partial charge in [0.05, 0.1) is 38.7 Å². The van der Waals surface area contributed by atoms with Crippen LogP contribution < -0.4 is 4.90 Å². The van der Waals surface area contributed by atoms with Gasteiger partial charge in [-0.25, -0.2) is 9.97 Å². The van der Waals surface area contributed by atoms with Crippen LogP contribution in [0.1, 0.15) is 17.4 Å². The lowest BCUT2D eigenvalue weighted by atomic mass is 10.2. The molecule has 25 heavy (non-hydrogen) atoms. The van der Waals surface area contributed by atoms with Crippen LogP contribution in [0.15, 0.2) is 24.7 Å². The van der Waals surface area contributed by atoms with Gasteiger partial charge in [0, 0.05) is 51.2 Å². The summed E-state index contributed by atoms with van der Waals surface area (Å²) in [5.74, 6) is 1.80. The summed E-state index contributed by atoms with van der Waals surface area (Å²) in [5.41, 5.74) is 1.19. The maximum Gasteiger partial charge on any atom is 0.150 e. The number of aryl methyl sites for hydroxylation is 1. The quantitative estimate of drug-likeness (QED) is 0.805. The summed E-state index contributed by atoms with van der Waals surface area (Å²) in [6.07, 6.45) is 5.82. The minimum absolute atomic E-state index is 0.0648. The van der Waals surface area contributed by atoms with Gasteiger partial charge >= 0.3 is 0 Å². The van der Waals surface area contributed by atoms with Crippen molar-refractivity contribution in [2.75, 3.05) is 51.0 Å². The van der Waals surface area contributed by atoms with E-state index in [9.17, 15) is 0 Å². The maximum atomic E-state index is 5.72. The third-order valence-corrected chi connectivity index (χ3v) is 4.68. The van der Waals surface area contributed by atoms with Gasteiger partial charge in [0.25, 0.3) is 0 Å². The fraction of sp³-hybridized carbons (Fsp3) is 0.588. The third kappa shape index (κ3) is 3.81. The molecular formula is C17H24N6O2. The number of aromatic nitrogens is 4. The van der Waals surface area contributed by atoms with E-state index < -0.39 is 0 Å². The molecule has 0 aliphatic carbocycles. The van der Waals surface area contributed by atoms with E-state index >= 15 is 0 Å². The van der Waals surface area contributed by atoms with E-state index in [0.717, 1.165) is 57.6 Å². The highest BCUT2D eigenvalue weighted by atomic mass is 16.5. The molecule has 0 spiro atoms. The smallest absolute Gasteiger partial charge is 0.150 e. The Hall–Kier alpha value is -2.03. The van der Waals surface area contributed by atoms with Crippen LogP contribution in [-0.4, -0.2) is 70.7 Å². The van der Waals surface area contributed by atoms with Crippen molar-refractivity contribution in [2.24, 2.45) is 7.05 Å². The van der Waals surface area contributed by atoms with Crippen LogP contribution in [0, 0.1) is 0 Å². The van der Waals surface area contributed by atoms with Crippen LogP contribution >= 0.6 is 0 Å². The summed E-state index contributed by atoms with van der Waals surface area (Å²) in [6, 6.07) is 2.04. The minimum atomic E-state index is 0.0648. The Labute approximate surface area is 147 Å². The van der Waals surface area contributed by atoms with Crippen molar-refractivity contribution in [3.05, 3.63) is 36.0 Å². The van der Waals surface area contributed by atoms with E-state index in [4.69, 9.17) is 14.5 Å². The number of ether oxygens (including phenoxy) is 2. The lowest BCUT2D eigenvalue weighted by molar-refractivity contribution is -0.0159. The summed E-state index contributed by atoms with van der Waals surface area (Å²) in [6.45, 7) is 6.29. The Kier molecular flexibility index (Phi) is 4.91. The van der Waals surface area contributed by atoms with Crippen LogP contribution in [0.3, 0.4) is 0 Å². The second-order valence-electron chi connectivity index (χ2n) is 6.46. The third-order valence-electron chi connectivity index (χ3n) is 4.68. The fourth-order valence-corrected chi connectivity index (χ4v) is 3.35. The Balaban J connectivity index is 1.53. The van der Waals surface area contributed by atoms with Crippen LogP contribution in [0.25, 0.3) is 0 Å². The van der Waals surface area contributed by atoms with Gasteiger partial charge in [-0.1, -0.05) is 0 Å². The molecule has 0 saturated carbocycles. The molecule has 2 saturated heterocycles. The molecular weight excluding hydrogens is 320 g/mol. The predicted molar refractivity (Wildman–Crippen MR) is 92.2 cm³/mol. The molecule has 2 aliphatic rings. The molecule has 2 aromatic rings. The van der Waals surface area contributed by atoms with E-state index in [1.807, 2.05) is 30.2 Å². The highest BCUT2D eigenvalue weighted by Gasteiger charge is 2.28. The molecule has 0 radical (unpaired) electrons. The van der Waals surface area contributed by atoms with Crippen molar-refractivity contribution in [1.82, 2.24) is 24.6 Å². The number of morpholine rings is 2. The van der Waals surface area contributed by atoms with Crippen LogP contribution in [0.4, 0.5) is 5.82 Å². The molecule has 4 heterocycles. The lowest BCUT2D eigenvalue weighted by Gasteiger charge is -2.35. The first kappa shape index (κ1) is 16.4. The van der Waals surface area contributed by atoms with Gasteiger partial charge in [0.1, 0.15) is 11.6 Å². The zero-order chi connectivity index (χ0) is 17.1. The Morgan fingerprint density at radius 1 is 1.16 bits per heavy atom. The van der Waals surface area contributed by atoms with Gasteiger partial charge in [0.15, 0.2) is 0 Å². The van der Waals surface area contributed by atoms with Crippen LogP contribution in [0.2, 0.25) is 0 Å². The van der Waals surface area contributed by atoms with E-state index in [1.165, 1.54) is 5.56 Å².